The van der Waals surface area contributed by atoms with Gasteiger partial charge in [0.05, 0.1) is 12.0 Å². The second kappa shape index (κ2) is 12.2. The number of carbonyl (C=O) groups excluding carboxylic acids is 1. The number of rotatable bonds is 9. The molecule has 2 aromatic heterocycles. The van der Waals surface area contributed by atoms with Crippen LogP contribution in [0.4, 0.5) is 8.78 Å². The Morgan fingerprint density at radius 1 is 0.978 bits per heavy atom. The molecule has 0 fully saturated rings. The van der Waals surface area contributed by atoms with Gasteiger partial charge in [-0.05, 0) is 86.8 Å². The van der Waals surface area contributed by atoms with E-state index in [1.54, 1.807) is 51.4 Å². The van der Waals surface area contributed by atoms with Gasteiger partial charge in [-0.3, -0.25) is 9.59 Å². The first-order valence-corrected chi connectivity index (χ1v) is 14.2. The summed E-state index contributed by atoms with van der Waals surface area (Å²) in [5.41, 5.74) is 2.72. The van der Waals surface area contributed by atoms with Gasteiger partial charge in [0.15, 0.2) is 11.6 Å². The van der Waals surface area contributed by atoms with Crippen LogP contribution < -0.4 is 15.0 Å². The Balaban J connectivity index is 1.73. The van der Waals surface area contributed by atoms with E-state index in [-0.39, 0.29) is 35.9 Å². The van der Waals surface area contributed by atoms with Crippen LogP contribution in [-0.2, 0) is 22.2 Å². The van der Waals surface area contributed by atoms with Crippen LogP contribution in [0.5, 0.6) is 17.2 Å². The average molecular weight is 618 g/mol. The maximum atomic E-state index is 14.7. The summed E-state index contributed by atoms with van der Waals surface area (Å²) in [5, 5.41) is 9.48. The van der Waals surface area contributed by atoms with Crippen LogP contribution in [0.25, 0.3) is 33.4 Å². The van der Waals surface area contributed by atoms with E-state index in [9.17, 15) is 23.5 Å². The van der Waals surface area contributed by atoms with E-state index in [0.29, 0.717) is 39.1 Å². The molecule has 0 atom stereocenters. The molecule has 45 heavy (non-hydrogen) atoms. The van der Waals surface area contributed by atoms with E-state index in [0.717, 1.165) is 23.3 Å². The van der Waals surface area contributed by atoms with Crippen LogP contribution >= 0.6 is 0 Å². The van der Waals surface area contributed by atoms with Crippen molar-refractivity contribution in [3.05, 3.63) is 99.5 Å². The maximum absolute atomic E-state index is 14.7. The standard InChI is InChI=1S/C35H33F2NO7/c1-19-13-22(14-20(2)32(19)42-12-11-39)31-17-26-33(44-31)27(18-38(6)34(26)41)25-15-23(35(4,5)45-21(3)40)7-9-29(25)43-30-10-8-24(36)16-28(30)37/h7-10,13-18,39H,11-12H2,1-6H3. The number of esters is 1. The molecule has 0 aliphatic heterocycles. The minimum Gasteiger partial charge on any atom is -0.491 e. The zero-order valence-corrected chi connectivity index (χ0v) is 25.8. The summed E-state index contributed by atoms with van der Waals surface area (Å²) in [6.07, 6.45) is 1.59. The summed E-state index contributed by atoms with van der Waals surface area (Å²) in [5.74, 6) is -1.05. The lowest BCUT2D eigenvalue weighted by atomic mass is 9.93. The van der Waals surface area contributed by atoms with E-state index in [4.69, 9.17) is 18.6 Å². The Labute approximate surface area is 258 Å². The molecular weight excluding hydrogens is 584 g/mol. The predicted molar refractivity (Wildman–Crippen MR) is 166 cm³/mol. The highest BCUT2D eigenvalue weighted by molar-refractivity contribution is 5.95. The summed E-state index contributed by atoms with van der Waals surface area (Å²) in [7, 11) is 1.60. The van der Waals surface area contributed by atoms with Crippen LogP contribution in [0.15, 0.2) is 70.0 Å². The van der Waals surface area contributed by atoms with Crippen LogP contribution in [-0.4, -0.2) is 28.9 Å². The van der Waals surface area contributed by atoms with Crippen molar-refractivity contribution in [2.45, 2.75) is 40.2 Å². The van der Waals surface area contributed by atoms with E-state index >= 15 is 0 Å². The Hall–Kier alpha value is -4.96. The van der Waals surface area contributed by atoms with Gasteiger partial charge in [0.25, 0.3) is 5.56 Å². The van der Waals surface area contributed by atoms with Gasteiger partial charge in [-0.15, -0.1) is 0 Å². The van der Waals surface area contributed by atoms with Gasteiger partial charge in [0.1, 0.15) is 40.9 Å². The molecule has 0 aliphatic rings. The van der Waals surface area contributed by atoms with Crippen LogP contribution in [0.1, 0.15) is 37.5 Å². The molecule has 5 aromatic rings. The predicted octanol–water partition coefficient (Wildman–Crippen LogP) is 7.32. The van der Waals surface area contributed by atoms with Gasteiger partial charge in [-0.1, -0.05) is 6.07 Å². The van der Waals surface area contributed by atoms with E-state index < -0.39 is 23.2 Å². The molecule has 1 N–H and O–H groups in total. The zero-order chi connectivity index (χ0) is 32.6. The normalized spacial score (nSPS) is 11.6. The minimum atomic E-state index is -1.05. The number of fused-ring (bicyclic) bond motifs is 1. The third-order valence-corrected chi connectivity index (χ3v) is 7.41. The lowest BCUT2D eigenvalue weighted by Crippen LogP contribution is -2.24. The van der Waals surface area contributed by atoms with E-state index in [1.807, 2.05) is 26.0 Å². The van der Waals surface area contributed by atoms with Crippen molar-refractivity contribution in [1.29, 1.82) is 0 Å². The van der Waals surface area contributed by atoms with Crippen LogP contribution in [0.3, 0.4) is 0 Å². The fraction of sp³-hybridized carbons (Fsp3) is 0.257. The average Bonchev–Trinajstić information content (AvgIpc) is 3.41. The molecule has 0 radical (unpaired) electrons. The van der Waals surface area contributed by atoms with Crippen molar-refractivity contribution in [3.8, 4) is 39.7 Å². The van der Waals surface area contributed by atoms with Gasteiger partial charge in [0.2, 0.25) is 0 Å². The monoisotopic (exact) mass is 617 g/mol. The minimum absolute atomic E-state index is 0.116. The number of ether oxygens (including phenoxy) is 3. The van der Waals surface area contributed by atoms with Crippen molar-refractivity contribution >= 4 is 16.9 Å². The maximum Gasteiger partial charge on any atom is 0.303 e. The molecule has 0 bridgehead atoms. The fourth-order valence-electron chi connectivity index (χ4n) is 5.35. The smallest absolute Gasteiger partial charge is 0.303 e. The zero-order valence-electron chi connectivity index (χ0n) is 25.8. The number of aliphatic hydroxyl groups excluding tert-OH is 1. The number of aromatic nitrogens is 1. The van der Waals surface area contributed by atoms with Crippen LogP contribution in [0.2, 0.25) is 0 Å². The van der Waals surface area contributed by atoms with Gasteiger partial charge >= 0.3 is 5.97 Å². The Morgan fingerprint density at radius 3 is 2.31 bits per heavy atom. The molecule has 0 spiro atoms. The number of benzene rings is 3. The summed E-state index contributed by atoms with van der Waals surface area (Å²) >= 11 is 0. The molecular formula is C35H33F2NO7. The highest BCUT2D eigenvalue weighted by Gasteiger charge is 2.27. The van der Waals surface area contributed by atoms with Gasteiger partial charge < -0.3 is 28.3 Å². The third-order valence-electron chi connectivity index (χ3n) is 7.41. The largest absolute Gasteiger partial charge is 0.491 e. The SMILES string of the molecule is CC(=O)OC(C)(C)c1ccc(Oc2ccc(F)cc2F)c(-c2cn(C)c(=O)c3cc(-c4cc(C)c(OCCO)c(C)c4)oc23)c1. The first kappa shape index (κ1) is 31.5. The quantitative estimate of drug-likeness (QED) is 0.173. The van der Waals surface area contributed by atoms with Crippen molar-refractivity contribution in [2.75, 3.05) is 13.2 Å². The lowest BCUT2D eigenvalue weighted by Gasteiger charge is -2.26. The summed E-state index contributed by atoms with van der Waals surface area (Å²) in [4.78, 5) is 25.2. The molecule has 234 valence electrons. The number of hydrogen-bond acceptors (Lipinski definition) is 7. The summed E-state index contributed by atoms with van der Waals surface area (Å²) in [6.45, 7) is 8.57. The summed E-state index contributed by atoms with van der Waals surface area (Å²) in [6, 6.07) is 13.4. The van der Waals surface area contributed by atoms with Gasteiger partial charge in [-0.2, -0.15) is 0 Å². The number of hydrogen-bond donors (Lipinski definition) is 1. The van der Waals surface area contributed by atoms with Gasteiger partial charge in [0, 0.05) is 42.9 Å². The molecule has 0 unspecified atom stereocenters. The molecule has 0 aliphatic carbocycles. The lowest BCUT2D eigenvalue weighted by molar-refractivity contribution is -0.154. The molecule has 2 heterocycles. The topological polar surface area (TPSA) is 100 Å². The number of aliphatic hydroxyl groups is 1. The highest BCUT2D eigenvalue weighted by Crippen LogP contribution is 2.42. The number of pyridine rings is 1. The third kappa shape index (κ3) is 6.32. The molecule has 0 saturated carbocycles. The van der Waals surface area contributed by atoms with Crippen molar-refractivity contribution in [3.63, 3.8) is 0 Å². The molecule has 0 amide bonds. The molecule has 5 rings (SSSR count). The van der Waals surface area contributed by atoms with Crippen molar-refractivity contribution < 1.29 is 37.3 Å². The van der Waals surface area contributed by atoms with Gasteiger partial charge in [-0.25, -0.2) is 8.78 Å². The van der Waals surface area contributed by atoms with E-state index in [1.165, 1.54) is 17.6 Å². The van der Waals surface area contributed by atoms with Crippen molar-refractivity contribution in [1.82, 2.24) is 4.57 Å². The Morgan fingerprint density at radius 2 is 1.67 bits per heavy atom. The first-order valence-electron chi connectivity index (χ1n) is 14.2. The molecule has 0 saturated heterocycles. The fourth-order valence-corrected chi connectivity index (χ4v) is 5.35. The first-order chi connectivity index (χ1) is 21.3. The van der Waals surface area contributed by atoms with Crippen LogP contribution in [0, 0.1) is 25.5 Å². The number of aryl methyl sites for hydroxylation is 3. The Bertz CT molecular complexity index is 1970. The molecule has 10 heteroatoms. The number of carbonyl (C=O) groups is 1. The number of furan rings is 1. The Kier molecular flexibility index (Phi) is 8.53. The number of halogens is 2. The van der Waals surface area contributed by atoms with Crippen molar-refractivity contribution in [2.24, 2.45) is 7.05 Å². The summed E-state index contributed by atoms with van der Waals surface area (Å²) < 4.78 is 53.4. The second-order valence-electron chi connectivity index (χ2n) is 11.3. The highest BCUT2D eigenvalue weighted by atomic mass is 19.1. The second-order valence-corrected chi connectivity index (χ2v) is 11.3. The van der Waals surface area contributed by atoms with E-state index in [2.05, 4.69) is 0 Å². The molecule has 8 nitrogen and oxygen atoms in total. The number of nitrogens with zero attached hydrogens (tertiary/aromatic N) is 1. The molecule has 3 aromatic carbocycles.